The van der Waals surface area contributed by atoms with E-state index < -0.39 is 0 Å². The summed E-state index contributed by atoms with van der Waals surface area (Å²) in [5.74, 6) is -0.0330. The topological polar surface area (TPSA) is 40.5 Å². The molecule has 1 aromatic carbocycles. The van der Waals surface area contributed by atoms with E-state index in [4.69, 9.17) is 0 Å². The summed E-state index contributed by atoms with van der Waals surface area (Å²) in [4.78, 5) is 13.5. The predicted octanol–water partition coefficient (Wildman–Crippen LogP) is 1.60. The number of carbonyl (C=O) groups excluding carboxylic acids is 1. The zero-order chi connectivity index (χ0) is 13.1. The molecule has 2 rings (SSSR count). The van der Waals surface area contributed by atoms with Gasteiger partial charge >= 0.3 is 0 Å². The standard InChI is InChI=1S/C14H18FNO2/c1-16(9-10-6-12(17)7-10)14(18)8-11-4-2-3-5-13(11)15/h2-5,10,12,17H,6-9H2,1H3. The lowest BCUT2D eigenvalue weighted by molar-refractivity contribution is -0.130. The molecule has 0 bridgehead atoms. The van der Waals surface area contributed by atoms with E-state index in [9.17, 15) is 14.3 Å². The summed E-state index contributed by atoms with van der Waals surface area (Å²) >= 11 is 0. The Kier molecular flexibility index (Phi) is 3.97. The average Bonchev–Trinajstić information content (AvgIpc) is 2.30. The molecular weight excluding hydrogens is 233 g/mol. The Morgan fingerprint density at radius 1 is 1.44 bits per heavy atom. The van der Waals surface area contributed by atoms with E-state index in [-0.39, 0.29) is 24.2 Å². The molecule has 0 radical (unpaired) electrons. The highest BCUT2D eigenvalue weighted by Gasteiger charge is 2.29. The van der Waals surface area contributed by atoms with Gasteiger partial charge in [-0.25, -0.2) is 4.39 Å². The van der Waals surface area contributed by atoms with Crippen LogP contribution < -0.4 is 0 Å². The van der Waals surface area contributed by atoms with Gasteiger partial charge < -0.3 is 10.0 Å². The molecule has 0 saturated heterocycles. The molecule has 0 unspecified atom stereocenters. The first-order valence-corrected chi connectivity index (χ1v) is 6.21. The Labute approximate surface area is 106 Å². The molecule has 0 aromatic heterocycles. The highest BCUT2D eigenvalue weighted by molar-refractivity contribution is 5.78. The first kappa shape index (κ1) is 13.0. The number of amides is 1. The van der Waals surface area contributed by atoms with Crippen molar-refractivity contribution in [2.75, 3.05) is 13.6 Å². The van der Waals surface area contributed by atoms with E-state index in [1.54, 1.807) is 30.1 Å². The lowest BCUT2D eigenvalue weighted by Crippen LogP contribution is -2.40. The molecule has 1 aliphatic carbocycles. The molecule has 1 saturated carbocycles. The van der Waals surface area contributed by atoms with Gasteiger partial charge in [-0.05, 0) is 30.4 Å². The maximum Gasteiger partial charge on any atom is 0.226 e. The number of nitrogens with zero attached hydrogens (tertiary/aromatic N) is 1. The number of carbonyl (C=O) groups is 1. The van der Waals surface area contributed by atoms with Crippen molar-refractivity contribution in [2.24, 2.45) is 5.92 Å². The van der Waals surface area contributed by atoms with Gasteiger partial charge in [0, 0.05) is 13.6 Å². The molecule has 4 heteroatoms. The Morgan fingerprint density at radius 2 is 2.11 bits per heavy atom. The summed E-state index contributed by atoms with van der Waals surface area (Å²) in [6.07, 6.45) is 1.41. The van der Waals surface area contributed by atoms with Gasteiger partial charge in [-0.15, -0.1) is 0 Å². The van der Waals surface area contributed by atoms with Gasteiger partial charge in [0.25, 0.3) is 0 Å². The van der Waals surface area contributed by atoms with Crippen LogP contribution in [0, 0.1) is 11.7 Å². The molecular formula is C14H18FNO2. The van der Waals surface area contributed by atoms with Gasteiger partial charge in [-0.2, -0.15) is 0 Å². The first-order chi connectivity index (χ1) is 8.56. The fourth-order valence-electron chi connectivity index (χ4n) is 2.28. The SMILES string of the molecule is CN(CC1CC(O)C1)C(=O)Cc1ccccc1F. The third kappa shape index (κ3) is 3.07. The van der Waals surface area contributed by atoms with E-state index in [0.717, 1.165) is 12.8 Å². The molecule has 1 amide bonds. The zero-order valence-corrected chi connectivity index (χ0v) is 10.5. The molecule has 0 heterocycles. The minimum Gasteiger partial charge on any atom is -0.393 e. The van der Waals surface area contributed by atoms with E-state index >= 15 is 0 Å². The first-order valence-electron chi connectivity index (χ1n) is 6.21. The summed E-state index contributed by atoms with van der Waals surface area (Å²) in [6, 6.07) is 6.34. The van der Waals surface area contributed by atoms with E-state index in [2.05, 4.69) is 0 Å². The van der Waals surface area contributed by atoms with Crippen LogP contribution in [0.3, 0.4) is 0 Å². The monoisotopic (exact) mass is 251 g/mol. The molecule has 18 heavy (non-hydrogen) atoms. The zero-order valence-electron chi connectivity index (χ0n) is 10.5. The minimum absolute atomic E-state index is 0.0820. The number of halogens is 1. The molecule has 0 atom stereocenters. The average molecular weight is 251 g/mol. The molecule has 0 aliphatic heterocycles. The molecule has 0 spiro atoms. The maximum atomic E-state index is 13.4. The van der Waals surface area contributed by atoms with Gasteiger partial charge in [-0.1, -0.05) is 18.2 Å². The van der Waals surface area contributed by atoms with Crippen LogP contribution in [0.2, 0.25) is 0 Å². The number of rotatable bonds is 4. The number of hydrogen-bond donors (Lipinski definition) is 1. The van der Waals surface area contributed by atoms with Gasteiger partial charge in [0.1, 0.15) is 5.82 Å². The van der Waals surface area contributed by atoms with E-state index in [0.29, 0.717) is 18.0 Å². The molecule has 1 aliphatic rings. The van der Waals surface area contributed by atoms with Gasteiger partial charge in [0.05, 0.1) is 12.5 Å². The van der Waals surface area contributed by atoms with Gasteiger partial charge in [0.15, 0.2) is 0 Å². The van der Waals surface area contributed by atoms with Crippen molar-refractivity contribution in [3.05, 3.63) is 35.6 Å². The van der Waals surface area contributed by atoms with Crippen LogP contribution in [-0.4, -0.2) is 35.6 Å². The van der Waals surface area contributed by atoms with Crippen LogP contribution in [-0.2, 0) is 11.2 Å². The summed E-state index contributed by atoms with van der Waals surface area (Å²) in [5.41, 5.74) is 0.433. The molecule has 1 fully saturated rings. The third-order valence-corrected chi connectivity index (χ3v) is 3.47. The fraction of sp³-hybridized carbons (Fsp3) is 0.500. The Morgan fingerprint density at radius 3 is 2.72 bits per heavy atom. The molecule has 3 nitrogen and oxygen atoms in total. The number of benzene rings is 1. The maximum absolute atomic E-state index is 13.4. The second-order valence-electron chi connectivity index (χ2n) is 5.03. The highest BCUT2D eigenvalue weighted by atomic mass is 19.1. The summed E-state index contributed by atoms with van der Waals surface area (Å²) in [5, 5.41) is 9.19. The number of hydrogen-bond acceptors (Lipinski definition) is 2. The number of aliphatic hydroxyl groups excluding tert-OH is 1. The Bertz CT molecular complexity index is 430. The summed E-state index contributed by atoms with van der Waals surface area (Å²) in [7, 11) is 1.73. The van der Waals surface area contributed by atoms with Crippen molar-refractivity contribution in [3.63, 3.8) is 0 Å². The van der Waals surface area contributed by atoms with Crippen LogP contribution in [0.25, 0.3) is 0 Å². The largest absolute Gasteiger partial charge is 0.393 e. The van der Waals surface area contributed by atoms with Crippen LogP contribution in [0.15, 0.2) is 24.3 Å². The van der Waals surface area contributed by atoms with Crippen molar-refractivity contribution in [1.82, 2.24) is 4.90 Å². The normalized spacial score (nSPS) is 22.4. The van der Waals surface area contributed by atoms with E-state index in [1.807, 2.05) is 0 Å². The Hall–Kier alpha value is -1.42. The summed E-state index contributed by atoms with van der Waals surface area (Å²) < 4.78 is 13.4. The smallest absolute Gasteiger partial charge is 0.226 e. The van der Waals surface area contributed by atoms with Crippen molar-refractivity contribution in [3.8, 4) is 0 Å². The quantitative estimate of drug-likeness (QED) is 0.883. The fourth-order valence-corrected chi connectivity index (χ4v) is 2.28. The minimum atomic E-state index is -0.335. The highest BCUT2D eigenvalue weighted by Crippen LogP contribution is 2.27. The van der Waals surface area contributed by atoms with Crippen LogP contribution >= 0.6 is 0 Å². The van der Waals surface area contributed by atoms with Crippen molar-refractivity contribution < 1.29 is 14.3 Å². The van der Waals surface area contributed by atoms with Crippen molar-refractivity contribution >= 4 is 5.91 Å². The van der Waals surface area contributed by atoms with Gasteiger partial charge in [0.2, 0.25) is 5.91 Å². The second-order valence-corrected chi connectivity index (χ2v) is 5.03. The second kappa shape index (κ2) is 5.48. The van der Waals surface area contributed by atoms with Gasteiger partial charge in [-0.3, -0.25) is 4.79 Å². The number of likely N-dealkylation sites (N-methyl/N-ethyl adjacent to an activating group) is 1. The summed E-state index contributed by atoms with van der Waals surface area (Å²) in [6.45, 7) is 0.643. The lowest BCUT2D eigenvalue weighted by Gasteiger charge is -2.34. The van der Waals surface area contributed by atoms with Crippen LogP contribution in [0.5, 0.6) is 0 Å². The Balaban J connectivity index is 1.86. The molecule has 1 N–H and O–H groups in total. The third-order valence-electron chi connectivity index (χ3n) is 3.47. The van der Waals surface area contributed by atoms with Crippen LogP contribution in [0.1, 0.15) is 18.4 Å². The molecule has 98 valence electrons. The van der Waals surface area contributed by atoms with Crippen molar-refractivity contribution in [2.45, 2.75) is 25.4 Å². The van der Waals surface area contributed by atoms with Crippen LogP contribution in [0.4, 0.5) is 4.39 Å². The number of aliphatic hydroxyl groups is 1. The predicted molar refractivity (Wildman–Crippen MR) is 66.5 cm³/mol. The van der Waals surface area contributed by atoms with Crippen molar-refractivity contribution in [1.29, 1.82) is 0 Å². The molecule has 1 aromatic rings. The lowest BCUT2D eigenvalue weighted by atomic mass is 9.82. The van der Waals surface area contributed by atoms with E-state index in [1.165, 1.54) is 6.07 Å².